The second-order valence-electron chi connectivity index (χ2n) is 11.7. The molecule has 1 aliphatic carbocycles. The van der Waals surface area contributed by atoms with Gasteiger partial charge in [-0.2, -0.15) is 0 Å². The second kappa shape index (κ2) is 15.4. The Morgan fingerprint density at radius 3 is 1.68 bits per heavy atom. The Hall–Kier alpha value is -4.38. The van der Waals surface area contributed by atoms with Crippen LogP contribution in [0.3, 0.4) is 0 Å². The summed E-state index contributed by atoms with van der Waals surface area (Å²) >= 11 is 0. The number of ether oxygens (including phenoxy) is 2. The quantitative estimate of drug-likeness (QED) is 0.229. The summed E-state index contributed by atoms with van der Waals surface area (Å²) in [6.45, 7) is 7.57. The van der Waals surface area contributed by atoms with Crippen molar-refractivity contribution in [1.82, 2.24) is 5.32 Å². The van der Waals surface area contributed by atoms with Gasteiger partial charge in [-0.15, -0.1) is 0 Å². The highest BCUT2D eigenvalue weighted by atomic mass is 16.5. The summed E-state index contributed by atoms with van der Waals surface area (Å²) in [5.74, 6) is -2.91. The van der Waals surface area contributed by atoms with Crippen LogP contribution in [0.25, 0.3) is 0 Å². The third-order valence-electron chi connectivity index (χ3n) is 7.34. The average Bonchev–Trinajstić information content (AvgIpc) is 2.99. The first-order valence-electron chi connectivity index (χ1n) is 14.7. The smallest absolute Gasteiger partial charge is 0.322 e. The van der Waals surface area contributed by atoms with Crippen molar-refractivity contribution in [3.05, 3.63) is 58.7 Å². The van der Waals surface area contributed by atoms with Crippen LogP contribution in [0.15, 0.2) is 36.4 Å². The molecule has 2 aromatic carbocycles. The molecule has 0 radical (unpaired) electrons. The molecule has 11 nitrogen and oxygen atoms in total. The zero-order valence-corrected chi connectivity index (χ0v) is 26.1. The number of esters is 2. The Balaban J connectivity index is 1.88. The van der Waals surface area contributed by atoms with Crippen LogP contribution in [-0.4, -0.2) is 62.1 Å². The van der Waals surface area contributed by atoms with Gasteiger partial charge >= 0.3 is 11.9 Å². The van der Waals surface area contributed by atoms with E-state index in [0.717, 1.165) is 0 Å². The lowest BCUT2D eigenvalue weighted by molar-refractivity contribution is -0.146. The fraction of sp³-hybridized carbons (Fsp3) is 0.455. The summed E-state index contributed by atoms with van der Waals surface area (Å²) in [5, 5.41) is 8.31. The van der Waals surface area contributed by atoms with E-state index in [4.69, 9.17) is 9.47 Å². The normalized spacial score (nSPS) is 13.5. The summed E-state index contributed by atoms with van der Waals surface area (Å²) in [4.78, 5) is 77.7. The highest BCUT2D eigenvalue weighted by Gasteiger charge is 2.35. The summed E-state index contributed by atoms with van der Waals surface area (Å²) < 4.78 is 9.73. The van der Waals surface area contributed by atoms with Crippen molar-refractivity contribution in [3.63, 3.8) is 0 Å². The number of benzene rings is 2. The first-order chi connectivity index (χ1) is 20.9. The van der Waals surface area contributed by atoms with E-state index < -0.39 is 47.3 Å². The van der Waals surface area contributed by atoms with Crippen LogP contribution in [0.4, 0.5) is 11.4 Å². The molecule has 0 saturated carbocycles. The molecule has 3 N–H and O–H groups in total. The summed E-state index contributed by atoms with van der Waals surface area (Å²) in [5.41, 5.74) is 0.502. The molecule has 0 bridgehead atoms. The summed E-state index contributed by atoms with van der Waals surface area (Å²) in [6, 6.07) is 8.56. The molecule has 2 aromatic rings. The number of methoxy groups -OCH3 is 2. The van der Waals surface area contributed by atoms with Crippen LogP contribution < -0.4 is 16.0 Å². The van der Waals surface area contributed by atoms with E-state index in [-0.39, 0.29) is 64.9 Å². The first kappa shape index (κ1) is 34.1. The van der Waals surface area contributed by atoms with E-state index in [1.54, 1.807) is 12.1 Å². The van der Waals surface area contributed by atoms with Gasteiger partial charge in [0, 0.05) is 17.5 Å². The lowest BCUT2D eigenvalue weighted by atomic mass is 9.82. The van der Waals surface area contributed by atoms with Gasteiger partial charge in [-0.25, -0.2) is 0 Å². The predicted molar refractivity (Wildman–Crippen MR) is 164 cm³/mol. The molecule has 3 rings (SSSR count). The topological polar surface area (TPSA) is 157 Å². The van der Waals surface area contributed by atoms with Crippen LogP contribution in [-0.2, 0) is 28.7 Å². The van der Waals surface area contributed by atoms with Gasteiger partial charge in [-0.1, -0.05) is 52.0 Å². The Morgan fingerprint density at radius 2 is 1.20 bits per heavy atom. The van der Waals surface area contributed by atoms with Gasteiger partial charge in [0.2, 0.25) is 11.8 Å². The zero-order chi connectivity index (χ0) is 32.6. The molecular formula is C33H41N3O8. The number of carbonyl (C=O) groups is 6. The van der Waals surface area contributed by atoms with Gasteiger partial charge in [-0.3, -0.25) is 34.1 Å². The molecule has 0 unspecified atom stereocenters. The maximum absolute atomic E-state index is 13.7. The van der Waals surface area contributed by atoms with Crippen molar-refractivity contribution in [2.24, 2.45) is 17.8 Å². The number of carbonyl (C=O) groups excluding carboxylic acids is 6. The average molecular weight is 608 g/mol. The molecule has 44 heavy (non-hydrogen) atoms. The van der Waals surface area contributed by atoms with Crippen LogP contribution in [0.2, 0.25) is 0 Å². The van der Waals surface area contributed by atoms with Crippen LogP contribution >= 0.6 is 0 Å². The molecule has 2 atom stereocenters. The fourth-order valence-corrected chi connectivity index (χ4v) is 5.30. The molecule has 1 aliphatic rings. The van der Waals surface area contributed by atoms with E-state index in [1.165, 1.54) is 38.5 Å². The van der Waals surface area contributed by atoms with E-state index >= 15 is 0 Å². The molecule has 2 amide bonds. The third kappa shape index (κ3) is 8.37. The number of nitrogens with one attached hydrogen (secondary N) is 3. The number of rotatable bonds is 14. The van der Waals surface area contributed by atoms with Crippen molar-refractivity contribution >= 4 is 46.7 Å². The molecule has 0 aliphatic heterocycles. The molecule has 0 aromatic heterocycles. The van der Waals surface area contributed by atoms with Gasteiger partial charge in [0.15, 0.2) is 11.6 Å². The number of anilines is 2. The lowest BCUT2D eigenvalue weighted by Crippen LogP contribution is -2.42. The largest absolute Gasteiger partial charge is 0.469 e. The van der Waals surface area contributed by atoms with Crippen LogP contribution in [0.1, 0.15) is 85.2 Å². The first-order valence-corrected chi connectivity index (χ1v) is 14.7. The lowest BCUT2D eigenvalue weighted by Gasteiger charge is -2.24. The van der Waals surface area contributed by atoms with Gasteiger partial charge in [0.1, 0.15) is 6.04 Å². The number of ketones is 2. The molecule has 0 spiro atoms. The molecule has 0 saturated heterocycles. The molecule has 11 heteroatoms. The number of hydrogen-bond donors (Lipinski definition) is 3. The molecule has 0 heterocycles. The Bertz CT molecular complexity index is 1330. The van der Waals surface area contributed by atoms with Crippen molar-refractivity contribution in [2.75, 3.05) is 31.4 Å². The second-order valence-corrected chi connectivity index (χ2v) is 11.7. The summed E-state index contributed by atoms with van der Waals surface area (Å²) in [6.07, 6.45) is 1.24. The van der Waals surface area contributed by atoms with Gasteiger partial charge in [-0.05, 0) is 43.2 Å². The van der Waals surface area contributed by atoms with Crippen LogP contribution in [0.5, 0.6) is 0 Å². The highest BCUT2D eigenvalue weighted by molar-refractivity contribution is 6.32. The zero-order valence-electron chi connectivity index (χ0n) is 26.1. The number of amides is 2. The Morgan fingerprint density at radius 1 is 0.705 bits per heavy atom. The van der Waals surface area contributed by atoms with Crippen LogP contribution in [0, 0.1) is 17.8 Å². The van der Waals surface area contributed by atoms with Gasteiger partial charge < -0.3 is 20.1 Å². The van der Waals surface area contributed by atoms with E-state index in [9.17, 15) is 28.8 Å². The number of fused-ring (bicyclic) bond motifs is 2. The summed E-state index contributed by atoms with van der Waals surface area (Å²) in [7, 11) is 2.58. The minimum absolute atomic E-state index is 0.0120. The maximum atomic E-state index is 13.7. The van der Waals surface area contributed by atoms with Crippen molar-refractivity contribution in [1.29, 1.82) is 0 Å². The SMILES string of the molecule is COC(=O)[C@@H](CCC(=O)Nc1ccc(NC(=O)CN[C@H](CC(C)C)C(=O)OC)c2c1C(=O)c1ccccc1C2=O)CC(C)C. The van der Waals surface area contributed by atoms with Gasteiger partial charge in [0.25, 0.3) is 0 Å². The predicted octanol–water partition coefficient (Wildman–Crippen LogP) is 4.13. The fourth-order valence-electron chi connectivity index (χ4n) is 5.30. The minimum Gasteiger partial charge on any atom is -0.469 e. The van der Waals surface area contributed by atoms with Crippen molar-refractivity contribution in [3.8, 4) is 0 Å². The highest BCUT2D eigenvalue weighted by Crippen LogP contribution is 2.36. The Labute approximate surface area is 257 Å². The monoisotopic (exact) mass is 607 g/mol. The standard InChI is InChI=1S/C33H41N3O8/c1-18(2)15-20(32(41)43-5)11-14-26(37)35-23-12-13-24(36-27(38)17-34-25(16-19(3)4)33(42)44-6)29-28(23)30(39)21-9-7-8-10-22(21)31(29)40/h7-10,12-13,18-20,25,34H,11,14-17H2,1-6H3,(H,35,37)(H,36,38)/t20-,25+/m0/s1. The Kier molecular flexibility index (Phi) is 11.9. The molecule has 236 valence electrons. The van der Waals surface area contributed by atoms with Gasteiger partial charge in [0.05, 0.1) is 49.2 Å². The van der Waals surface area contributed by atoms with E-state index in [2.05, 4.69) is 16.0 Å². The van der Waals surface area contributed by atoms with Crippen molar-refractivity contribution in [2.45, 2.75) is 59.4 Å². The maximum Gasteiger partial charge on any atom is 0.322 e. The molecular weight excluding hydrogens is 566 g/mol. The molecule has 0 fully saturated rings. The van der Waals surface area contributed by atoms with E-state index in [1.807, 2.05) is 27.7 Å². The third-order valence-corrected chi connectivity index (χ3v) is 7.34. The number of hydrogen-bond acceptors (Lipinski definition) is 9. The minimum atomic E-state index is -0.702. The van der Waals surface area contributed by atoms with Crippen molar-refractivity contribution < 1.29 is 38.2 Å². The van der Waals surface area contributed by atoms with E-state index in [0.29, 0.717) is 12.8 Å².